The van der Waals surface area contributed by atoms with Gasteiger partial charge in [0.1, 0.15) is 0 Å². The quantitative estimate of drug-likeness (QED) is 0.862. The minimum absolute atomic E-state index is 0.0569. The third-order valence-electron chi connectivity index (χ3n) is 3.11. The van der Waals surface area contributed by atoms with Crippen molar-refractivity contribution in [2.24, 2.45) is 0 Å². The van der Waals surface area contributed by atoms with E-state index in [1.54, 1.807) is 17.0 Å². The first-order chi connectivity index (χ1) is 8.41. The van der Waals surface area contributed by atoms with Crippen LogP contribution in [0.15, 0.2) is 29.2 Å². The number of carbonyl (C=O) groups excluding carboxylic acids is 1. The Morgan fingerprint density at radius 2 is 1.89 bits per heavy atom. The Hall–Kier alpha value is -1.40. The zero-order valence-corrected chi connectivity index (χ0v) is 11.2. The average molecular weight is 268 g/mol. The minimum Gasteiger partial charge on any atom is -0.315 e. The third-order valence-corrected chi connectivity index (χ3v) is 4.24. The van der Waals surface area contributed by atoms with Gasteiger partial charge in [-0.2, -0.15) is 0 Å². The Balaban J connectivity index is 2.23. The van der Waals surface area contributed by atoms with Gasteiger partial charge < -0.3 is 10.2 Å². The van der Waals surface area contributed by atoms with Gasteiger partial charge in [-0.3, -0.25) is 4.79 Å². The Kier molecular flexibility index (Phi) is 3.41. The number of likely N-dealkylation sites (N-methyl/N-ethyl adjacent to an activating group) is 1. The first-order valence-corrected chi connectivity index (χ1v) is 7.58. The molecule has 1 saturated heterocycles. The van der Waals surface area contributed by atoms with Crippen LogP contribution in [-0.4, -0.2) is 40.2 Å². The van der Waals surface area contributed by atoms with Crippen LogP contribution in [0.1, 0.15) is 6.42 Å². The number of hydrogen-bond donors (Lipinski definition) is 1. The van der Waals surface area contributed by atoms with Gasteiger partial charge in [-0.25, -0.2) is 8.42 Å². The molecule has 1 aromatic rings. The van der Waals surface area contributed by atoms with E-state index in [0.29, 0.717) is 13.0 Å². The Bertz CT molecular complexity index is 551. The molecule has 1 aliphatic rings. The predicted octanol–water partition coefficient (Wildman–Crippen LogP) is 0.415. The van der Waals surface area contributed by atoms with Crippen LogP contribution in [0.4, 0.5) is 5.69 Å². The fourth-order valence-electron chi connectivity index (χ4n) is 2.02. The molecule has 1 fully saturated rings. The van der Waals surface area contributed by atoms with Crippen LogP contribution in [0.25, 0.3) is 0 Å². The maximum atomic E-state index is 11.8. The van der Waals surface area contributed by atoms with E-state index >= 15 is 0 Å². The molecular formula is C12H16N2O3S. The van der Waals surface area contributed by atoms with Gasteiger partial charge in [0.15, 0.2) is 9.84 Å². The van der Waals surface area contributed by atoms with Crippen LogP contribution in [-0.2, 0) is 14.6 Å². The number of nitrogens with zero attached hydrogens (tertiary/aromatic N) is 1. The van der Waals surface area contributed by atoms with E-state index in [2.05, 4.69) is 5.32 Å². The van der Waals surface area contributed by atoms with Gasteiger partial charge in [0, 0.05) is 31.0 Å². The lowest BCUT2D eigenvalue weighted by atomic mass is 10.3. The van der Waals surface area contributed by atoms with Crippen LogP contribution in [0, 0.1) is 0 Å². The highest BCUT2D eigenvalue weighted by atomic mass is 32.2. The second kappa shape index (κ2) is 4.70. The Morgan fingerprint density at radius 3 is 2.33 bits per heavy atom. The van der Waals surface area contributed by atoms with E-state index in [4.69, 9.17) is 0 Å². The highest BCUT2D eigenvalue weighted by molar-refractivity contribution is 7.90. The number of hydrogen-bond acceptors (Lipinski definition) is 4. The largest absolute Gasteiger partial charge is 0.315 e. The summed E-state index contributed by atoms with van der Waals surface area (Å²) < 4.78 is 22.7. The number of anilines is 1. The van der Waals surface area contributed by atoms with Crippen LogP contribution >= 0.6 is 0 Å². The molecule has 6 heteroatoms. The van der Waals surface area contributed by atoms with Crippen molar-refractivity contribution in [1.29, 1.82) is 0 Å². The molecule has 1 aromatic carbocycles. The van der Waals surface area contributed by atoms with Gasteiger partial charge in [-0.15, -0.1) is 0 Å². The molecule has 1 aliphatic heterocycles. The molecule has 18 heavy (non-hydrogen) atoms. The van der Waals surface area contributed by atoms with E-state index in [1.807, 2.05) is 7.05 Å². The molecule has 1 atom stereocenters. The molecule has 5 nitrogen and oxygen atoms in total. The normalized spacial score (nSPS) is 20.4. The van der Waals surface area contributed by atoms with Crippen LogP contribution < -0.4 is 10.2 Å². The molecule has 1 N–H and O–H groups in total. The molecule has 1 amide bonds. The number of benzene rings is 1. The topological polar surface area (TPSA) is 66.5 Å². The molecule has 0 spiro atoms. The molecule has 0 bridgehead atoms. The fourth-order valence-corrected chi connectivity index (χ4v) is 2.65. The fraction of sp³-hybridized carbons (Fsp3) is 0.417. The zero-order chi connectivity index (χ0) is 13.3. The van der Waals surface area contributed by atoms with Crippen molar-refractivity contribution >= 4 is 21.4 Å². The van der Waals surface area contributed by atoms with E-state index < -0.39 is 9.84 Å². The number of nitrogens with one attached hydrogen (secondary N) is 1. The van der Waals surface area contributed by atoms with Gasteiger partial charge in [0.25, 0.3) is 0 Å². The molecule has 1 unspecified atom stereocenters. The van der Waals surface area contributed by atoms with Gasteiger partial charge in [-0.05, 0) is 31.3 Å². The standard InChI is InChI=1S/C12H16N2O3S/c1-13-9-7-12(15)14(8-9)10-3-5-11(6-4-10)18(2,16)17/h3-6,9,13H,7-8H2,1-2H3. The molecule has 98 valence electrons. The summed E-state index contributed by atoms with van der Waals surface area (Å²) in [6.07, 6.45) is 1.64. The highest BCUT2D eigenvalue weighted by Gasteiger charge is 2.29. The molecule has 2 rings (SSSR count). The van der Waals surface area contributed by atoms with E-state index in [0.717, 1.165) is 5.69 Å². The zero-order valence-electron chi connectivity index (χ0n) is 10.4. The van der Waals surface area contributed by atoms with E-state index in [9.17, 15) is 13.2 Å². The Morgan fingerprint density at radius 1 is 1.28 bits per heavy atom. The molecule has 0 aromatic heterocycles. The average Bonchev–Trinajstić information content (AvgIpc) is 2.70. The summed E-state index contributed by atoms with van der Waals surface area (Å²) in [6, 6.07) is 6.57. The molecule has 1 heterocycles. The van der Waals surface area contributed by atoms with Crippen LogP contribution in [0.3, 0.4) is 0 Å². The molecule has 0 radical (unpaired) electrons. The summed E-state index contributed by atoms with van der Waals surface area (Å²) in [5.41, 5.74) is 0.741. The molecule has 0 aliphatic carbocycles. The smallest absolute Gasteiger partial charge is 0.228 e. The molecular weight excluding hydrogens is 252 g/mol. The van der Waals surface area contributed by atoms with Gasteiger partial charge in [-0.1, -0.05) is 0 Å². The summed E-state index contributed by atoms with van der Waals surface area (Å²) in [7, 11) is -1.36. The van der Waals surface area contributed by atoms with Crippen molar-refractivity contribution in [3.63, 3.8) is 0 Å². The van der Waals surface area contributed by atoms with Gasteiger partial charge >= 0.3 is 0 Å². The number of sulfone groups is 1. The number of rotatable bonds is 3. The second-order valence-electron chi connectivity index (χ2n) is 4.46. The van der Waals surface area contributed by atoms with Gasteiger partial charge in [0.2, 0.25) is 5.91 Å². The second-order valence-corrected chi connectivity index (χ2v) is 6.48. The predicted molar refractivity (Wildman–Crippen MR) is 69.4 cm³/mol. The summed E-state index contributed by atoms with van der Waals surface area (Å²) in [5.74, 6) is 0.0569. The highest BCUT2D eigenvalue weighted by Crippen LogP contribution is 2.23. The van der Waals surface area contributed by atoms with Crippen molar-refractivity contribution < 1.29 is 13.2 Å². The van der Waals surface area contributed by atoms with Crippen molar-refractivity contribution in [2.75, 3.05) is 24.7 Å². The van der Waals surface area contributed by atoms with Crippen molar-refractivity contribution in [2.45, 2.75) is 17.4 Å². The van der Waals surface area contributed by atoms with E-state index in [1.165, 1.54) is 18.4 Å². The number of carbonyl (C=O) groups is 1. The lowest BCUT2D eigenvalue weighted by molar-refractivity contribution is -0.117. The summed E-state index contributed by atoms with van der Waals surface area (Å²) in [6.45, 7) is 0.619. The van der Waals surface area contributed by atoms with Crippen molar-refractivity contribution in [1.82, 2.24) is 5.32 Å². The van der Waals surface area contributed by atoms with Gasteiger partial charge in [0.05, 0.1) is 4.90 Å². The maximum absolute atomic E-state index is 11.8. The Labute approximate surface area is 107 Å². The van der Waals surface area contributed by atoms with Crippen LogP contribution in [0.2, 0.25) is 0 Å². The first kappa shape index (κ1) is 13.0. The maximum Gasteiger partial charge on any atom is 0.228 e. The van der Waals surface area contributed by atoms with Crippen LogP contribution in [0.5, 0.6) is 0 Å². The number of amides is 1. The molecule has 0 saturated carbocycles. The third kappa shape index (κ3) is 2.54. The lowest BCUT2D eigenvalue weighted by Gasteiger charge is -2.16. The summed E-state index contributed by atoms with van der Waals surface area (Å²) >= 11 is 0. The minimum atomic E-state index is -3.19. The lowest BCUT2D eigenvalue weighted by Crippen LogP contribution is -2.30. The van der Waals surface area contributed by atoms with Crippen molar-refractivity contribution in [3.8, 4) is 0 Å². The summed E-state index contributed by atoms with van der Waals surface area (Å²) in [4.78, 5) is 13.7. The monoisotopic (exact) mass is 268 g/mol. The summed E-state index contributed by atoms with van der Waals surface area (Å²) in [5, 5.41) is 3.07. The van der Waals surface area contributed by atoms with Crippen molar-refractivity contribution in [3.05, 3.63) is 24.3 Å². The van der Waals surface area contributed by atoms with E-state index in [-0.39, 0.29) is 16.8 Å². The SMILES string of the molecule is CNC1CC(=O)N(c2ccc(S(C)(=O)=O)cc2)C1. The first-order valence-electron chi connectivity index (χ1n) is 5.69.